The lowest BCUT2D eigenvalue weighted by molar-refractivity contribution is 0.645. The van der Waals surface area contributed by atoms with E-state index in [0.29, 0.717) is 16.6 Å². The molecular weight excluding hydrogens is 220 g/mol. The van der Waals surface area contributed by atoms with Gasteiger partial charge in [-0.15, -0.1) is 0 Å². The first-order valence-electron chi connectivity index (χ1n) is 5.63. The van der Waals surface area contributed by atoms with E-state index < -0.39 is 0 Å². The molecule has 0 radical (unpaired) electrons. The zero-order valence-corrected chi connectivity index (χ0v) is 10.5. The standard InChI is InChI=1S/C13H17ClN2/c1-3-4-5-10(2)16-13-7-6-12(14)8-11(13)9-15/h6-8,10,16H,3-5H2,1-2H3. The molecule has 1 atom stereocenters. The van der Waals surface area contributed by atoms with Crippen molar-refractivity contribution in [3.63, 3.8) is 0 Å². The molecule has 0 aliphatic heterocycles. The van der Waals surface area contributed by atoms with Gasteiger partial charge in [0.05, 0.1) is 11.3 Å². The van der Waals surface area contributed by atoms with Crippen molar-refractivity contribution in [2.75, 3.05) is 5.32 Å². The van der Waals surface area contributed by atoms with Crippen LogP contribution in [-0.4, -0.2) is 6.04 Å². The van der Waals surface area contributed by atoms with Crippen molar-refractivity contribution in [3.05, 3.63) is 28.8 Å². The first-order chi connectivity index (χ1) is 7.67. The van der Waals surface area contributed by atoms with E-state index in [4.69, 9.17) is 16.9 Å². The number of hydrogen-bond acceptors (Lipinski definition) is 2. The van der Waals surface area contributed by atoms with Crippen molar-refractivity contribution in [2.45, 2.75) is 39.2 Å². The smallest absolute Gasteiger partial charge is 0.101 e. The number of rotatable bonds is 5. The highest BCUT2D eigenvalue weighted by Crippen LogP contribution is 2.21. The van der Waals surface area contributed by atoms with Crippen molar-refractivity contribution in [1.29, 1.82) is 5.26 Å². The predicted molar refractivity (Wildman–Crippen MR) is 68.8 cm³/mol. The number of halogens is 1. The zero-order chi connectivity index (χ0) is 12.0. The fraction of sp³-hybridized carbons (Fsp3) is 0.462. The second-order valence-corrected chi connectivity index (χ2v) is 4.43. The van der Waals surface area contributed by atoms with Crippen LogP contribution >= 0.6 is 11.6 Å². The Morgan fingerprint density at radius 3 is 2.88 bits per heavy atom. The third kappa shape index (κ3) is 3.75. The molecule has 0 bridgehead atoms. The van der Waals surface area contributed by atoms with E-state index in [1.165, 1.54) is 12.8 Å². The Morgan fingerprint density at radius 2 is 2.25 bits per heavy atom. The number of nitrogens with zero attached hydrogens (tertiary/aromatic N) is 1. The molecule has 1 aromatic rings. The van der Waals surface area contributed by atoms with Crippen LogP contribution in [-0.2, 0) is 0 Å². The van der Waals surface area contributed by atoms with Gasteiger partial charge in [0.1, 0.15) is 6.07 Å². The lowest BCUT2D eigenvalue weighted by Crippen LogP contribution is -2.15. The summed E-state index contributed by atoms with van der Waals surface area (Å²) in [5, 5.41) is 12.9. The molecule has 86 valence electrons. The van der Waals surface area contributed by atoms with Crippen molar-refractivity contribution in [2.24, 2.45) is 0 Å². The Morgan fingerprint density at radius 1 is 1.50 bits per heavy atom. The van der Waals surface area contributed by atoms with Gasteiger partial charge in [0, 0.05) is 11.1 Å². The third-order valence-electron chi connectivity index (χ3n) is 2.49. The number of hydrogen-bond donors (Lipinski definition) is 1. The summed E-state index contributed by atoms with van der Waals surface area (Å²) in [6.07, 6.45) is 3.51. The molecule has 0 spiro atoms. The average molecular weight is 237 g/mol. The molecule has 0 saturated carbocycles. The van der Waals surface area contributed by atoms with Gasteiger partial charge >= 0.3 is 0 Å². The molecule has 0 saturated heterocycles. The van der Waals surface area contributed by atoms with Crippen LogP contribution in [0.1, 0.15) is 38.7 Å². The Balaban J connectivity index is 2.70. The summed E-state index contributed by atoms with van der Waals surface area (Å²) >= 11 is 5.84. The van der Waals surface area contributed by atoms with Gasteiger partial charge in [0.2, 0.25) is 0 Å². The maximum atomic E-state index is 8.98. The quantitative estimate of drug-likeness (QED) is 0.832. The zero-order valence-electron chi connectivity index (χ0n) is 9.76. The average Bonchev–Trinajstić information content (AvgIpc) is 2.28. The van der Waals surface area contributed by atoms with Gasteiger partial charge in [-0.25, -0.2) is 0 Å². The number of nitrogens with one attached hydrogen (secondary N) is 1. The molecule has 1 aromatic carbocycles. The van der Waals surface area contributed by atoms with E-state index in [2.05, 4.69) is 25.2 Å². The topological polar surface area (TPSA) is 35.8 Å². The highest BCUT2D eigenvalue weighted by molar-refractivity contribution is 6.30. The van der Waals surface area contributed by atoms with Crippen LogP contribution in [0.25, 0.3) is 0 Å². The summed E-state index contributed by atoms with van der Waals surface area (Å²) in [4.78, 5) is 0. The maximum absolute atomic E-state index is 8.98. The molecular formula is C13H17ClN2. The van der Waals surface area contributed by atoms with Crippen LogP contribution in [0, 0.1) is 11.3 Å². The van der Waals surface area contributed by atoms with E-state index in [9.17, 15) is 0 Å². The van der Waals surface area contributed by atoms with Crippen LogP contribution in [0.2, 0.25) is 5.02 Å². The van der Waals surface area contributed by atoms with Gasteiger partial charge in [0.15, 0.2) is 0 Å². The number of benzene rings is 1. The van der Waals surface area contributed by atoms with Gasteiger partial charge in [-0.05, 0) is 31.5 Å². The van der Waals surface area contributed by atoms with E-state index in [1.54, 1.807) is 12.1 Å². The molecule has 3 heteroatoms. The molecule has 0 fully saturated rings. The second kappa shape index (κ2) is 6.40. The van der Waals surface area contributed by atoms with Crippen molar-refractivity contribution in [1.82, 2.24) is 0 Å². The molecule has 16 heavy (non-hydrogen) atoms. The predicted octanol–water partition coefficient (Wildman–Crippen LogP) is 4.20. The molecule has 0 heterocycles. The minimum absolute atomic E-state index is 0.383. The third-order valence-corrected chi connectivity index (χ3v) is 2.73. The van der Waals surface area contributed by atoms with Crippen molar-refractivity contribution >= 4 is 17.3 Å². The summed E-state index contributed by atoms with van der Waals surface area (Å²) in [5.41, 5.74) is 1.48. The fourth-order valence-electron chi connectivity index (χ4n) is 1.58. The molecule has 1 unspecified atom stereocenters. The van der Waals surface area contributed by atoms with E-state index in [1.807, 2.05) is 6.07 Å². The van der Waals surface area contributed by atoms with Crippen LogP contribution < -0.4 is 5.32 Å². The summed E-state index contributed by atoms with van der Waals surface area (Å²) in [7, 11) is 0. The molecule has 0 aliphatic carbocycles. The highest BCUT2D eigenvalue weighted by Gasteiger charge is 2.06. The SMILES string of the molecule is CCCCC(C)Nc1ccc(Cl)cc1C#N. The molecule has 0 aromatic heterocycles. The van der Waals surface area contributed by atoms with Crippen LogP contribution in [0.15, 0.2) is 18.2 Å². The largest absolute Gasteiger partial charge is 0.382 e. The molecule has 1 N–H and O–H groups in total. The number of unbranched alkanes of at least 4 members (excludes halogenated alkanes) is 1. The Kier molecular flexibility index (Phi) is 5.14. The summed E-state index contributed by atoms with van der Waals surface area (Å²) in [6.45, 7) is 4.31. The van der Waals surface area contributed by atoms with Gasteiger partial charge in [-0.3, -0.25) is 0 Å². The highest BCUT2D eigenvalue weighted by atomic mass is 35.5. The van der Waals surface area contributed by atoms with Gasteiger partial charge in [-0.2, -0.15) is 5.26 Å². The van der Waals surface area contributed by atoms with Crippen LogP contribution in [0.4, 0.5) is 5.69 Å². The first-order valence-corrected chi connectivity index (χ1v) is 6.01. The Bertz CT molecular complexity index is 382. The van der Waals surface area contributed by atoms with Gasteiger partial charge in [0.25, 0.3) is 0 Å². The minimum atomic E-state index is 0.383. The minimum Gasteiger partial charge on any atom is -0.382 e. The van der Waals surface area contributed by atoms with Crippen molar-refractivity contribution in [3.8, 4) is 6.07 Å². The summed E-state index contributed by atoms with van der Waals surface area (Å²) in [6, 6.07) is 7.89. The number of nitriles is 1. The van der Waals surface area contributed by atoms with Gasteiger partial charge in [-0.1, -0.05) is 31.4 Å². The summed E-state index contributed by atoms with van der Waals surface area (Å²) in [5.74, 6) is 0. The monoisotopic (exact) mass is 236 g/mol. The maximum Gasteiger partial charge on any atom is 0.101 e. The van der Waals surface area contributed by atoms with Gasteiger partial charge < -0.3 is 5.32 Å². The number of anilines is 1. The Hall–Kier alpha value is -1.20. The van der Waals surface area contributed by atoms with E-state index in [-0.39, 0.29) is 0 Å². The molecule has 0 amide bonds. The normalized spacial score (nSPS) is 11.9. The van der Waals surface area contributed by atoms with Crippen LogP contribution in [0.3, 0.4) is 0 Å². The summed E-state index contributed by atoms with van der Waals surface area (Å²) < 4.78 is 0. The van der Waals surface area contributed by atoms with Crippen molar-refractivity contribution < 1.29 is 0 Å². The molecule has 2 nitrogen and oxygen atoms in total. The Labute approximate surface area is 102 Å². The first kappa shape index (κ1) is 12.9. The second-order valence-electron chi connectivity index (χ2n) is 3.99. The lowest BCUT2D eigenvalue weighted by atomic mass is 10.1. The molecule has 1 rings (SSSR count). The lowest BCUT2D eigenvalue weighted by Gasteiger charge is -2.15. The van der Waals surface area contributed by atoms with E-state index in [0.717, 1.165) is 12.1 Å². The van der Waals surface area contributed by atoms with E-state index >= 15 is 0 Å². The fourth-order valence-corrected chi connectivity index (χ4v) is 1.75. The van der Waals surface area contributed by atoms with Crippen LogP contribution in [0.5, 0.6) is 0 Å². The molecule has 0 aliphatic rings.